The lowest BCUT2D eigenvalue weighted by molar-refractivity contribution is 0.427. The molecule has 0 aromatic rings. The van der Waals surface area contributed by atoms with E-state index in [4.69, 9.17) is 9.11 Å². The minimum atomic E-state index is -2.65. The Kier molecular flexibility index (Phi) is 14.4. The molecular weight excluding hydrogens is 172 g/mol. The molecule has 0 bridgehead atoms. The van der Waals surface area contributed by atoms with Crippen molar-refractivity contribution in [3.63, 3.8) is 0 Å². The highest BCUT2D eigenvalue weighted by Crippen LogP contribution is 1.79. The summed E-state index contributed by atoms with van der Waals surface area (Å²) in [6.45, 7) is 0. The molecule has 0 spiro atoms. The highest BCUT2D eigenvalue weighted by molar-refractivity contribution is 7.87. The molecule has 0 aromatic carbocycles. The van der Waals surface area contributed by atoms with Gasteiger partial charge < -0.3 is 12.3 Å². The first-order chi connectivity index (χ1) is 3.13. The van der Waals surface area contributed by atoms with E-state index in [9.17, 15) is 8.42 Å². The molecule has 8 N–H and O–H groups in total. The normalized spacial score (nSPS) is 14.4. The van der Waals surface area contributed by atoms with Crippen molar-refractivity contribution in [1.29, 1.82) is 0 Å². The van der Waals surface area contributed by atoms with Gasteiger partial charge in [-0.05, 0) is 0 Å². The van der Waals surface area contributed by atoms with Crippen molar-refractivity contribution >= 4 is 22.7 Å². The molecule has 0 atom stereocenters. The van der Waals surface area contributed by atoms with Crippen LogP contribution < -0.4 is 12.3 Å². The van der Waals surface area contributed by atoms with Crippen LogP contribution in [-0.2, 0) is 26.4 Å². The molecular formula is H8N2O5S2. The molecule has 0 saturated carbocycles. The quantitative estimate of drug-likeness (QED) is 0.421. The fraction of sp³-hybridized carbons (Fsp3) is 0. The Morgan fingerprint density at radius 3 is 1.22 bits per heavy atom. The summed E-state index contributed by atoms with van der Waals surface area (Å²) in [5, 5.41) is 0. The van der Waals surface area contributed by atoms with Gasteiger partial charge >= 0.3 is 22.7 Å². The van der Waals surface area contributed by atoms with Gasteiger partial charge in [-0.2, -0.15) is 8.42 Å². The van der Waals surface area contributed by atoms with Crippen LogP contribution in [0.2, 0.25) is 0 Å². The molecule has 0 fully saturated rings. The lowest BCUT2D eigenvalue weighted by Crippen LogP contribution is -1.96. The van der Waals surface area contributed by atoms with E-state index in [1.165, 1.54) is 0 Å². The molecule has 0 aliphatic rings. The number of hydrogen-bond acceptors (Lipinski definition) is 5. The van der Waals surface area contributed by atoms with E-state index in [0.717, 1.165) is 0 Å². The number of rotatable bonds is 2. The van der Waals surface area contributed by atoms with Gasteiger partial charge in [0, 0.05) is 0 Å². The van der Waals surface area contributed by atoms with E-state index in [2.05, 4.69) is 3.63 Å². The highest BCUT2D eigenvalue weighted by Gasteiger charge is 1.95. The lowest BCUT2D eigenvalue weighted by Gasteiger charge is -1.82. The molecule has 9 heteroatoms. The molecule has 0 amide bonds. The molecule has 0 aromatic heterocycles. The van der Waals surface area contributed by atoms with Gasteiger partial charge in [0.05, 0.1) is 0 Å². The van der Waals surface area contributed by atoms with Crippen molar-refractivity contribution < 1.29 is 21.2 Å². The second-order valence-corrected chi connectivity index (χ2v) is 1.92. The van der Waals surface area contributed by atoms with Crippen molar-refractivity contribution in [2.75, 3.05) is 0 Å². The predicted molar refractivity (Wildman–Crippen MR) is 32.7 cm³/mol. The van der Waals surface area contributed by atoms with Crippen LogP contribution in [0.1, 0.15) is 0 Å². The standard InChI is InChI=1S/2H3N.H2O5S2/c;;1-6(2)5-7(3)4/h2*1H3;(H,1,2)(H,3,4). The summed E-state index contributed by atoms with van der Waals surface area (Å²) in [5.74, 6) is 0. The maximum atomic E-state index is 9.35. The Bertz CT molecular complexity index is 89.1. The highest BCUT2D eigenvalue weighted by atomic mass is 32.3. The molecule has 60 valence electrons. The van der Waals surface area contributed by atoms with Crippen LogP contribution in [0.3, 0.4) is 0 Å². The largest absolute Gasteiger partial charge is 0.344 e. The minimum absolute atomic E-state index is 0. The van der Waals surface area contributed by atoms with Crippen LogP contribution in [0.5, 0.6) is 0 Å². The van der Waals surface area contributed by atoms with Crippen LogP contribution in [0, 0.1) is 0 Å². The Labute approximate surface area is 56.9 Å². The zero-order chi connectivity index (χ0) is 5.86. The summed E-state index contributed by atoms with van der Waals surface area (Å²) in [5.41, 5.74) is 0. The van der Waals surface area contributed by atoms with Gasteiger partial charge in [0.1, 0.15) is 0 Å². The Balaban J connectivity index is -0.000000180. The smallest absolute Gasteiger partial charge is 0.317 e. The maximum Gasteiger partial charge on any atom is 0.317 e. The summed E-state index contributed by atoms with van der Waals surface area (Å²) in [6.07, 6.45) is 0. The van der Waals surface area contributed by atoms with Crippen LogP contribution in [0.4, 0.5) is 0 Å². The summed E-state index contributed by atoms with van der Waals surface area (Å²) >= 11 is -5.29. The SMILES string of the molecule is N.N.O=S(O)OS(=O)O. The molecule has 0 radical (unpaired) electrons. The molecule has 7 nitrogen and oxygen atoms in total. The van der Waals surface area contributed by atoms with Crippen molar-refractivity contribution in [2.24, 2.45) is 0 Å². The van der Waals surface area contributed by atoms with Gasteiger partial charge in [-0.15, -0.1) is 3.63 Å². The summed E-state index contributed by atoms with van der Waals surface area (Å²) < 4.78 is 37.2. The van der Waals surface area contributed by atoms with Crippen molar-refractivity contribution in [3.8, 4) is 0 Å². The van der Waals surface area contributed by atoms with Gasteiger partial charge in [0.25, 0.3) is 0 Å². The minimum Gasteiger partial charge on any atom is -0.344 e. The van der Waals surface area contributed by atoms with Gasteiger partial charge in [0.2, 0.25) is 0 Å². The topological polar surface area (TPSA) is 154 Å². The maximum absolute atomic E-state index is 9.35. The first kappa shape index (κ1) is 16.0. The van der Waals surface area contributed by atoms with Gasteiger partial charge in [-0.25, -0.2) is 0 Å². The van der Waals surface area contributed by atoms with Crippen LogP contribution in [0.25, 0.3) is 0 Å². The fourth-order valence-electron chi connectivity index (χ4n) is 0.0498. The zero-order valence-corrected chi connectivity index (χ0v) is 5.98. The third-order valence-corrected chi connectivity index (χ3v) is 1.05. The van der Waals surface area contributed by atoms with Crippen molar-refractivity contribution in [1.82, 2.24) is 12.3 Å². The van der Waals surface area contributed by atoms with Crippen molar-refractivity contribution in [3.05, 3.63) is 0 Å². The van der Waals surface area contributed by atoms with Crippen LogP contribution >= 0.6 is 0 Å². The first-order valence-corrected chi connectivity index (χ1v) is 3.10. The molecule has 0 heterocycles. The van der Waals surface area contributed by atoms with Gasteiger partial charge in [-0.3, -0.25) is 9.11 Å². The van der Waals surface area contributed by atoms with Gasteiger partial charge in [-0.1, -0.05) is 0 Å². The van der Waals surface area contributed by atoms with Crippen LogP contribution in [-0.4, -0.2) is 17.5 Å². The third kappa shape index (κ3) is 17.9. The summed E-state index contributed by atoms with van der Waals surface area (Å²) in [6, 6.07) is 0. The lowest BCUT2D eigenvalue weighted by atomic mass is 14.0. The monoisotopic (exact) mass is 180 g/mol. The Morgan fingerprint density at radius 2 is 1.22 bits per heavy atom. The van der Waals surface area contributed by atoms with E-state index in [-0.39, 0.29) is 12.3 Å². The molecule has 9 heavy (non-hydrogen) atoms. The zero-order valence-electron chi connectivity index (χ0n) is 4.35. The van der Waals surface area contributed by atoms with E-state index in [1.54, 1.807) is 0 Å². The van der Waals surface area contributed by atoms with E-state index >= 15 is 0 Å². The molecule has 0 aliphatic heterocycles. The van der Waals surface area contributed by atoms with E-state index < -0.39 is 22.7 Å². The molecule has 0 aliphatic carbocycles. The van der Waals surface area contributed by atoms with Gasteiger partial charge in [0.15, 0.2) is 0 Å². The third-order valence-electron chi connectivity index (χ3n) is 0.116. The second-order valence-electron chi connectivity index (χ2n) is 0.502. The molecule has 0 saturated heterocycles. The second kappa shape index (κ2) is 8.10. The average molecular weight is 180 g/mol. The van der Waals surface area contributed by atoms with Crippen LogP contribution in [0.15, 0.2) is 0 Å². The predicted octanol–water partition coefficient (Wildman–Crippen LogP) is -0.400. The molecule has 0 rings (SSSR count). The summed E-state index contributed by atoms with van der Waals surface area (Å²) in [4.78, 5) is 0. The van der Waals surface area contributed by atoms with Crippen molar-refractivity contribution in [2.45, 2.75) is 0 Å². The Morgan fingerprint density at radius 1 is 1.00 bits per heavy atom. The average Bonchev–Trinajstić information content (AvgIpc) is 1.27. The first-order valence-electron chi connectivity index (χ1n) is 1.03. The summed E-state index contributed by atoms with van der Waals surface area (Å²) in [7, 11) is 0. The fourth-order valence-corrected chi connectivity index (χ4v) is 0.448. The van der Waals surface area contributed by atoms with E-state index in [1.807, 2.05) is 0 Å². The van der Waals surface area contributed by atoms with E-state index in [0.29, 0.717) is 0 Å². The number of hydrogen-bond donors (Lipinski definition) is 4. The molecule has 0 unspecified atom stereocenters. The Hall–Kier alpha value is 0.1000.